The zero-order chi connectivity index (χ0) is 18.6. The van der Waals surface area contributed by atoms with Crippen molar-refractivity contribution in [2.75, 3.05) is 26.3 Å². The van der Waals surface area contributed by atoms with Crippen LogP contribution >= 0.6 is 0 Å². The van der Waals surface area contributed by atoms with Gasteiger partial charge in [0, 0.05) is 12.1 Å². The maximum Gasteiger partial charge on any atom is 0.321 e. The van der Waals surface area contributed by atoms with Crippen LogP contribution in [0.5, 0.6) is 11.5 Å². The van der Waals surface area contributed by atoms with E-state index in [2.05, 4.69) is 15.5 Å². The van der Waals surface area contributed by atoms with E-state index >= 15 is 0 Å². The molecule has 1 aliphatic carbocycles. The number of imide groups is 1. The van der Waals surface area contributed by atoms with Gasteiger partial charge < -0.3 is 14.8 Å². The molecule has 1 saturated carbocycles. The van der Waals surface area contributed by atoms with Crippen molar-refractivity contribution in [1.82, 2.24) is 15.5 Å². The van der Waals surface area contributed by atoms with E-state index in [4.69, 9.17) is 9.47 Å². The summed E-state index contributed by atoms with van der Waals surface area (Å²) in [4.78, 5) is 26.5. The number of carbonyl (C=O) groups is 2. The standard InChI is InChI=1S/C20H27N3O4/c24-19(22-20(25)21-15-4-1-2-5-15)13-23-9-3-6-16(23)14-7-8-17-18(12-14)27-11-10-26-17/h7-8,12,15-16H,1-6,9-11,13H2,(H2,21,22,24,25). The summed E-state index contributed by atoms with van der Waals surface area (Å²) >= 11 is 0. The van der Waals surface area contributed by atoms with Gasteiger partial charge in [-0.25, -0.2) is 4.79 Å². The van der Waals surface area contributed by atoms with Crippen LogP contribution in [-0.4, -0.2) is 49.2 Å². The van der Waals surface area contributed by atoms with Gasteiger partial charge in [0.25, 0.3) is 0 Å². The van der Waals surface area contributed by atoms with Crippen molar-refractivity contribution in [3.8, 4) is 11.5 Å². The lowest BCUT2D eigenvalue weighted by atomic mass is 10.0. The Kier molecular flexibility index (Phi) is 5.48. The first-order valence-corrected chi connectivity index (χ1v) is 9.93. The number of nitrogens with zero attached hydrogens (tertiary/aromatic N) is 1. The molecule has 0 spiro atoms. The molecule has 2 heterocycles. The molecule has 3 amide bonds. The molecule has 4 rings (SSSR count). The maximum absolute atomic E-state index is 12.3. The molecular formula is C20H27N3O4. The highest BCUT2D eigenvalue weighted by atomic mass is 16.6. The zero-order valence-electron chi connectivity index (χ0n) is 15.5. The molecule has 1 saturated heterocycles. The molecule has 146 valence electrons. The number of carbonyl (C=O) groups excluding carboxylic acids is 2. The summed E-state index contributed by atoms with van der Waals surface area (Å²) in [5.41, 5.74) is 1.12. The van der Waals surface area contributed by atoms with Crippen molar-refractivity contribution in [2.24, 2.45) is 0 Å². The number of fused-ring (bicyclic) bond motifs is 1. The van der Waals surface area contributed by atoms with Crippen LogP contribution < -0.4 is 20.1 Å². The minimum atomic E-state index is -0.373. The zero-order valence-corrected chi connectivity index (χ0v) is 15.5. The quantitative estimate of drug-likeness (QED) is 0.847. The SMILES string of the molecule is O=C(CN1CCCC1c1ccc2c(c1)OCCO2)NC(=O)NC1CCCC1. The van der Waals surface area contributed by atoms with Gasteiger partial charge in [0.1, 0.15) is 13.2 Å². The highest BCUT2D eigenvalue weighted by Crippen LogP contribution is 2.37. The van der Waals surface area contributed by atoms with Gasteiger partial charge in [-0.05, 0) is 49.9 Å². The Labute approximate surface area is 159 Å². The van der Waals surface area contributed by atoms with E-state index in [-0.39, 0.29) is 30.6 Å². The second-order valence-electron chi connectivity index (χ2n) is 7.53. The molecule has 7 nitrogen and oxygen atoms in total. The van der Waals surface area contributed by atoms with E-state index < -0.39 is 0 Å². The van der Waals surface area contributed by atoms with E-state index in [0.29, 0.717) is 13.2 Å². The second-order valence-corrected chi connectivity index (χ2v) is 7.53. The van der Waals surface area contributed by atoms with Crippen molar-refractivity contribution in [2.45, 2.75) is 50.6 Å². The smallest absolute Gasteiger partial charge is 0.321 e. The average Bonchev–Trinajstić information content (AvgIpc) is 3.33. The van der Waals surface area contributed by atoms with Crippen LogP contribution in [0.3, 0.4) is 0 Å². The van der Waals surface area contributed by atoms with Crippen LogP contribution in [0.2, 0.25) is 0 Å². The number of nitrogens with one attached hydrogen (secondary N) is 2. The van der Waals surface area contributed by atoms with Crippen molar-refractivity contribution >= 4 is 11.9 Å². The van der Waals surface area contributed by atoms with E-state index in [1.165, 1.54) is 0 Å². The van der Waals surface area contributed by atoms with Gasteiger partial charge in [-0.2, -0.15) is 0 Å². The van der Waals surface area contributed by atoms with Gasteiger partial charge in [0.2, 0.25) is 5.91 Å². The van der Waals surface area contributed by atoms with Crippen LogP contribution in [0.1, 0.15) is 50.1 Å². The largest absolute Gasteiger partial charge is 0.486 e. The molecule has 7 heteroatoms. The molecule has 2 N–H and O–H groups in total. The van der Waals surface area contributed by atoms with Crippen LogP contribution in [-0.2, 0) is 4.79 Å². The lowest BCUT2D eigenvalue weighted by Crippen LogP contribution is -2.46. The number of likely N-dealkylation sites (tertiary alicyclic amines) is 1. The molecule has 0 radical (unpaired) electrons. The molecule has 0 bridgehead atoms. The Morgan fingerprint density at radius 2 is 1.81 bits per heavy atom. The fraction of sp³-hybridized carbons (Fsp3) is 0.600. The summed E-state index contributed by atoms with van der Waals surface area (Å²) in [6.45, 7) is 2.20. The van der Waals surface area contributed by atoms with Gasteiger partial charge >= 0.3 is 6.03 Å². The van der Waals surface area contributed by atoms with Gasteiger partial charge in [-0.15, -0.1) is 0 Å². The minimum Gasteiger partial charge on any atom is -0.486 e. The third kappa shape index (κ3) is 4.35. The monoisotopic (exact) mass is 373 g/mol. The van der Waals surface area contributed by atoms with Crippen molar-refractivity contribution in [3.05, 3.63) is 23.8 Å². The number of benzene rings is 1. The van der Waals surface area contributed by atoms with Gasteiger partial charge in [0.05, 0.1) is 6.54 Å². The summed E-state index contributed by atoms with van der Waals surface area (Å²) in [6.07, 6.45) is 6.30. The molecule has 1 aromatic rings. The summed E-state index contributed by atoms with van der Waals surface area (Å²) < 4.78 is 11.3. The highest BCUT2D eigenvalue weighted by molar-refractivity contribution is 5.95. The Bertz CT molecular complexity index is 702. The first kappa shape index (κ1) is 18.1. The Hall–Kier alpha value is -2.28. The summed E-state index contributed by atoms with van der Waals surface area (Å²) in [5, 5.41) is 5.37. The third-order valence-electron chi connectivity index (χ3n) is 5.60. The van der Waals surface area contributed by atoms with Crippen LogP contribution in [0.25, 0.3) is 0 Å². The summed E-state index contributed by atoms with van der Waals surface area (Å²) in [6, 6.07) is 5.99. The first-order valence-electron chi connectivity index (χ1n) is 9.93. The Morgan fingerprint density at radius 1 is 1.04 bits per heavy atom. The predicted molar refractivity (Wildman–Crippen MR) is 99.9 cm³/mol. The molecule has 1 aromatic carbocycles. The molecule has 1 atom stereocenters. The second kappa shape index (κ2) is 8.17. The molecule has 2 fully saturated rings. The summed E-state index contributed by atoms with van der Waals surface area (Å²) in [7, 11) is 0. The highest BCUT2D eigenvalue weighted by Gasteiger charge is 2.29. The third-order valence-corrected chi connectivity index (χ3v) is 5.60. The number of hydrogen-bond donors (Lipinski definition) is 2. The van der Waals surface area contributed by atoms with Gasteiger partial charge in [-0.1, -0.05) is 18.9 Å². The minimum absolute atomic E-state index is 0.157. The molecule has 0 aromatic heterocycles. The van der Waals surface area contributed by atoms with Crippen LogP contribution in [0, 0.1) is 0 Å². The average molecular weight is 373 g/mol. The fourth-order valence-corrected chi connectivity index (χ4v) is 4.30. The van der Waals surface area contributed by atoms with Crippen LogP contribution in [0.15, 0.2) is 18.2 Å². The molecule has 1 unspecified atom stereocenters. The molecule has 3 aliphatic rings. The number of amides is 3. The van der Waals surface area contributed by atoms with Crippen molar-refractivity contribution in [1.29, 1.82) is 0 Å². The topological polar surface area (TPSA) is 79.9 Å². The molecular weight excluding hydrogens is 346 g/mol. The van der Waals surface area contributed by atoms with Crippen molar-refractivity contribution in [3.63, 3.8) is 0 Å². The van der Waals surface area contributed by atoms with E-state index in [0.717, 1.165) is 62.1 Å². The van der Waals surface area contributed by atoms with Crippen molar-refractivity contribution < 1.29 is 19.1 Å². The number of rotatable bonds is 4. The number of hydrogen-bond acceptors (Lipinski definition) is 5. The van der Waals surface area contributed by atoms with Gasteiger partial charge in [0.15, 0.2) is 11.5 Å². The number of urea groups is 1. The molecule has 2 aliphatic heterocycles. The lowest BCUT2D eigenvalue weighted by molar-refractivity contribution is -0.121. The summed E-state index contributed by atoms with van der Waals surface area (Å²) in [5.74, 6) is 1.29. The van der Waals surface area contributed by atoms with E-state index in [9.17, 15) is 9.59 Å². The first-order chi connectivity index (χ1) is 13.2. The predicted octanol–water partition coefficient (Wildman–Crippen LogP) is 2.36. The lowest BCUT2D eigenvalue weighted by Gasteiger charge is -2.26. The van der Waals surface area contributed by atoms with Crippen LogP contribution in [0.4, 0.5) is 4.79 Å². The van der Waals surface area contributed by atoms with E-state index in [1.807, 2.05) is 18.2 Å². The maximum atomic E-state index is 12.3. The Morgan fingerprint density at radius 3 is 2.63 bits per heavy atom. The Balaban J connectivity index is 1.34. The van der Waals surface area contributed by atoms with E-state index in [1.54, 1.807) is 0 Å². The fourth-order valence-electron chi connectivity index (χ4n) is 4.30. The van der Waals surface area contributed by atoms with Gasteiger partial charge in [-0.3, -0.25) is 15.0 Å². The molecule has 27 heavy (non-hydrogen) atoms. The number of ether oxygens (including phenoxy) is 2. The normalized spacial score (nSPS) is 22.6.